The lowest BCUT2D eigenvalue weighted by Crippen LogP contribution is -2.41. The SMILES string of the molecule is O=C(CCc1ccc(F)c(Br)c1)NC1CC12CCN(C(=O)c1ccc(Oc3ccc(Cl)cn3)cc1)CC2. The van der Waals surface area contributed by atoms with Gasteiger partial charge in [-0.05, 0) is 95.1 Å². The molecule has 3 aromatic rings. The van der Waals surface area contributed by atoms with E-state index < -0.39 is 0 Å². The van der Waals surface area contributed by atoms with Gasteiger partial charge < -0.3 is 15.0 Å². The number of benzene rings is 2. The fourth-order valence-electron chi connectivity index (χ4n) is 4.87. The van der Waals surface area contributed by atoms with Crippen molar-refractivity contribution in [3.05, 3.63) is 87.2 Å². The van der Waals surface area contributed by atoms with Crippen LogP contribution in [0.5, 0.6) is 11.6 Å². The van der Waals surface area contributed by atoms with Crippen molar-refractivity contribution in [2.75, 3.05) is 13.1 Å². The molecule has 1 saturated heterocycles. The summed E-state index contributed by atoms with van der Waals surface area (Å²) in [7, 11) is 0. The van der Waals surface area contributed by atoms with Gasteiger partial charge >= 0.3 is 0 Å². The normalized spacial score (nSPS) is 17.9. The number of piperidine rings is 1. The monoisotopic (exact) mass is 585 g/mol. The topological polar surface area (TPSA) is 71.5 Å². The van der Waals surface area contributed by atoms with Crippen LogP contribution in [0.3, 0.4) is 0 Å². The molecule has 1 spiro atoms. The zero-order valence-corrected chi connectivity index (χ0v) is 22.4. The Balaban J connectivity index is 1.07. The highest BCUT2D eigenvalue weighted by Crippen LogP contribution is 2.54. The van der Waals surface area contributed by atoms with E-state index in [0.29, 0.717) is 52.6 Å². The summed E-state index contributed by atoms with van der Waals surface area (Å²) >= 11 is 9.03. The Morgan fingerprint density at radius 3 is 2.57 bits per heavy atom. The van der Waals surface area contributed by atoms with Crippen LogP contribution in [0.2, 0.25) is 5.02 Å². The minimum Gasteiger partial charge on any atom is -0.439 e. The maximum atomic E-state index is 13.4. The number of nitrogens with zero attached hydrogens (tertiary/aromatic N) is 2. The lowest BCUT2D eigenvalue weighted by molar-refractivity contribution is -0.121. The van der Waals surface area contributed by atoms with Crippen LogP contribution in [0, 0.1) is 11.2 Å². The van der Waals surface area contributed by atoms with Crippen LogP contribution in [0.1, 0.15) is 41.6 Å². The largest absolute Gasteiger partial charge is 0.439 e. The number of pyridine rings is 1. The molecule has 2 amide bonds. The van der Waals surface area contributed by atoms with Crippen LogP contribution < -0.4 is 10.1 Å². The van der Waals surface area contributed by atoms with Crippen molar-refractivity contribution in [3.63, 3.8) is 0 Å². The van der Waals surface area contributed by atoms with Crippen molar-refractivity contribution in [1.82, 2.24) is 15.2 Å². The number of carbonyl (C=O) groups is 2. The Hall–Kier alpha value is -2.97. The van der Waals surface area contributed by atoms with Gasteiger partial charge in [-0.2, -0.15) is 0 Å². The van der Waals surface area contributed by atoms with Crippen molar-refractivity contribution in [2.24, 2.45) is 5.41 Å². The summed E-state index contributed by atoms with van der Waals surface area (Å²) in [6.07, 6.45) is 5.14. The standard InChI is InChI=1S/C28H26BrClFN3O3/c29-22-15-18(1-8-23(22)31)2-9-25(35)33-24-16-28(24)11-13-34(14-12-28)27(36)19-3-6-21(7-4-19)37-26-10-5-20(30)17-32-26/h1,3-8,10,15,17,24H,2,9,11-14,16H2,(H,33,35). The molecule has 1 aromatic heterocycles. The third-order valence-electron chi connectivity index (χ3n) is 7.22. The highest BCUT2D eigenvalue weighted by Gasteiger charge is 2.55. The lowest BCUT2D eigenvalue weighted by Gasteiger charge is -2.33. The number of ether oxygens (including phenoxy) is 1. The van der Waals surface area contributed by atoms with Crippen LogP contribution in [-0.2, 0) is 11.2 Å². The van der Waals surface area contributed by atoms with Gasteiger partial charge in [0.25, 0.3) is 5.91 Å². The van der Waals surface area contributed by atoms with Crippen molar-refractivity contribution >= 4 is 39.3 Å². The summed E-state index contributed by atoms with van der Waals surface area (Å²) in [5, 5.41) is 3.70. The second kappa shape index (κ2) is 10.8. The van der Waals surface area contributed by atoms with E-state index in [1.807, 2.05) is 4.90 Å². The summed E-state index contributed by atoms with van der Waals surface area (Å²) in [5.41, 5.74) is 1.62. The van der Waals surface area contributed by atoms with Gasteiger partial charge in [-0.1, -0.05) is 17.7 Å². The second-order valence-corrected chi connectivity index (χ2v) is 11.0. The summed E-state index contributed by atoms with van der Waals surface area (Å²) in [5.74, 6) is 0.720. The molecule has 2 heterocycles. The first kappa shape index (κ1) is 25.7. The number of aryl methyl sites for hydroxylation is 1. The Kier molecular flexibility index (Phi) is 7.49. The maximum Gasteiger partial charge on any atom is 0.253 e. The molecule has 2 aliphatic rings. The third kappa shape index (κ3) is 6.13. The van der Waals surface area contributed by atoms with E-state index in [1.165, 1.54) is 12.3 Å². The quantitative estimate of drug-likeness (QED) is 0.359. The van der Waals surface area contributed by atoms with Crippen LogP contribution in [0.15, 0.2) is 65.3 Å². The van der Waals surface area contributed by atoms with Crippen molar-refractivity contribution in [2.45, 2.75) is 38.1 Å². The van der Waals surface area contributed by atoms with E-state index in [-0.39, 0.29) is 29.1 Å². The van der Waals surface area contributed by atoms with Gasteiger partial charge in [-0.15, -0.1) is 0 Å². The number of hydrogen-bond acceptors (Lipinski definition) is 4. The maximum absolute atomic E-state index is 13.4. The summed E-state index contributed by atoms with van der Waals surface area (Å²) < 4.78 is 19.5. The number of aromatic nitrogens is 1. The summed E-state index contributed by atoms with van der Waals surface area (Å²) in [6, 6.07) is 15.4. The zero-order valence-electron chi connectivity index (χ0n) is 20.1. The molecule has 1 atom stereocenters. The lowest BCUT2D eigenvalue weighted by atomic mass is 9.92. The van der Waals surface area contributed by atoms with Gasteiger partial charge in [0.1, 0.15) is 11.6 Å². The van der Waals surface area contributed by atoms with Crippen LogP contribution in [-0.4, -0.2) is 40.8 Å². The minimum atomic E-state index is -0.310. The molecule has 1 aliphatic heterocycles. The smallest absolute Gasteiger partial charge is 0.253 e. The van der Waals surface area contributed by atoms with E-state index >= 15 is 0 Å². The molecule has 2 aromatic carbocycles. The molecule has 1 saturated carbocycles. The van der Waals surface area contributed by atoms with E-state index in [1.54, 1.807) is 48.5 Å². The Labute approximate surface area is 228 Å². The van der Waals surface area contributed by atoms with Crippen LogP contribution in [0.25, 0.3) is 0 Å². The number of rotatable bonds is 7. The van der Waals surface area contributed by atoms with Crippen molar-refractivity contribution in [3.8, 4) is 11.6 Å². The molecular weight excluding hydrogens is 561 g/mol. The second-order valence-electron chi connectivity index (χ2n) is 9.67. The number of likely N-dealkylation sites (tertiary alicyclic amines) is 1. The fraction of sp³-hybridized carbons (Fsp3) is 0.321. The molecule has 1 unspecified atom stereocenters. The van der Waals surface area contributed by atoms with Gasteiger partial charge in [-0.3, -0.25) is 9.59 Å². The first-order valence-electron chi connectivity index (χ1n) is 12.2. The van der Waals surface area contributed by atoms with Crippen molar-refractivity contribution < 1.29 is 18.7 Å². The molecular formula is C28H26BrClFN3O3. The number of nitrogens with one attached hydrogen (secondary N) is 1. The molecule has 5 rings (SSSR count). The minimum absolute atomic E-state index is 0.00212. The van der Waals surface area contributed by atoms with Gasteiger partial charge in [0.2, 0.25) is 11.8 Å². The van der Waals surface area contributed by atoms with Gasteiger partial charge in [0, 0.05) is 43.4 Å². The molecule has 9 heteroatoms. The summed E-state index contributed by atoms with van der Waals surface area (Å²) in [4.78, 5) is 31.5. The predicted molar refractivity (Wildman–Crippen MR) is 142 cm³/mol. The molecule has 1 N–H and O–H groups in total. The van der Waals surface area contributed by atoms with E-state index in [9.17, 15) is 14.0 Å². The highest BCUT2D eigenvalue weighted by atomic mass is 79.9. The number of hydrogen-bond donors (Lipinski definition) is 1. The molecule has 0 radical (unpaired) electrons. The zero-order chi connectivity index (χ0) is 26.0. The number of carbonyl (C=O) groups excluding carboxylic acids is 2. The highest BCUT2D eigenvalue weighted by molar-refractivity contribution is 9.10. The Morgan fingerprint density at radius 2 is 1.89 bits per heavy atom. The van der Waals surface area contributed by atoms with Gasteiger partial charge in [0.05, 0.1) is 9.50 Å². The number of halogens is 3. The molecule has 2 fully saturated rings. The summed E-state index contributed by atoms with van der Waals surface area (Å²) in [6.45, 7) is 1.34. The molecule has 0 bridgehead atoms. The molecule has 6 nitrogen and oxygen atoms in total. The van der Waals surface area contributed by atoms with Crippen LogP contribution >= 0.6 is 27.5 Å². The molecule has 37 heavy (non-hydrogen) atoms. The average molecular weight is 587 g/mol. The van der Waals surface area contributed by atoms with Gasteiger partial charge in [0.15, 0.2) is 0 Å². The first-order valence-corrected chi connectivity index (χ1v) is 13.4. The fourth-order valence-corrected chi connectivity index (χ4v) is 5.41. The predicted octanol–water partition coefficient (Wildman–Crippen LogP) is 6.17. The molecule has 1 aliphatic carbocycles. The average Bonchev–Trinajstić information content (AvgIpc) is 3.56. The van der Waals surface area contributed by atoms with E-state index in [2.05, 4.69) is 26.2 Å². The van der Waals surface area contributed by atoms with E-state index in [0.717, 1.165) is 24.8 Å². The Morgan fingerprint density at radius 1 is 1.14 bits per heavy atom. The van der Waals surface area contributed by atoms with Crippen LogP contribution in [0.4, 0.5) is 4.39 Å². The first-order chi connectivity index (χ1) is 17.8. The van der Waals surface area contributed by atoms with Gasteiger partial charge in [-0.25, -0.2) is 9.37 Å². The van der Waals surface area contributed by atoms with E-state index in [4.69, 9.17) is 16.3 Å². The number of amides is 2. The Bertz CT molecular complexity index is 1300. The van der Waals surface area contributed by atoms with Crippen molar-refractivity contribution in [1.29, 1.82) is 0 Å². The third-order valence-corrected chi connectivity index (χ3v) is 8.05. The molecule has 192 valence electrons.